The predicted octanol–water partition coefficient (Wildman–Crippen LogP) is 4.33. The number of carbonyl (C=O) groups excluding carboxylic acids is 1. The Kier molecular flexibility index (Phi) is 5.22. The fourth-order valence-electron chi connectivity index (χ4n) is 3.18. The number of rotatable bonds is 5. The molecule has 6 nitrogen and oxygen atoms in total. The summed E-state index contributed by atoms with van der Waals surface area (Å²) in [5, 5.41) is 3.20. The first-order chi connectivity index (χ1) is 14.1. The minimum absolute atomic E-state index is 0.0213. The average Bonchev–Trinajstić information content (AvgIpc) is 3.09. The molecule has 0 unspecified atom stereocenters. The van der Waals surface area contributed by atoms with Gasteiger partial charge in [-0.1, -0.05) is 43.7 Å². The van der Waals surface area contributed by atoms with E-state index in [9.17, 15) is 9.59 Å². The van der Waals surface area contributed by atoms with Crippen LogP contribution in [0.1, 0.15) is 34.1 Å². The standard InChI is InChI=1S/C22H20N4O2S/c1-3-6-15-8-10-16(11-9-15)19-14(2)29-22(24-19)25-20(27)17-13-23-18-7-4-5-12-26(18)21(17)28/h4-5,7-13H,3,6H2,1-2H3,(H,24,25,27). The zero-order valence-corrected chi connectivity index (χ0v) is 17.0. The van der Waals surface area contributed by atoms with Gasteiger partial charge < -0.3 is 0 Å². The fourth-order valence-corrected chi connectivity index (χ4v) is 4.01. The highest BCUT2D eigenvalue weighted by molar-refractivity contribution is 7.16. The van der Waals surface area contributed by atoms with Gasteiger partial charge in [-0.15, -0.1) is 11.3 Å². The van der Waals surface area contributed by atoms with Crippen molar-refractivity contribution in [3.63, 3.8) is 0 Å². The summed E-state index contributed by atoms with van der Waals surface area (Å²) in [5.74, 6) is -0.514. The molecule has 0 saturated carbocycles. The van der Waals surface area contributed by atoms with Gasteiger partial charge in [0.1, 0.15) is 11.2 Å². The highest BCUT2D eigenvalue weighted by Gasteiger charge is 2.17. The molecular weight excluding hydrogens is 384 g/mol. The molecule has 146 valence electrons. The number of benzene rings is 1. The molecule has 0 bridgehead atoms. The Balaban J connectivity index is 1.59. The SMILES string of the molecule is CCCc1ccc(-c2nc(NC(=O)c3cnc4ccccn4c3=O)sc2C)cc1. The van der Waals surface area contributed by atoms with Crippen molar-refractivity contribution in [3.8, 4) is 11.3 Å². The van der Waals surface area contributed by atoms with E-state index in [2.05, 4.69) is 46.5 Å². The van der Waals surface area contributed by atoms with Crippen LogP contribution >= 0.6 is 11.3 Å². The predicted molar refractivity (Wildman–Crippen MR) is 116 cm³/mol. The van der Waals surface area contributed by atoms with Crippen LogP contribution in [0.15, 0.2) is 59.7 Å². The molecule has 0 fully saturated rings. The Morgan fingerprint density at radius 2 is 1.97 bits per heavy atom. The summed E-state index contributed by atoms with van der Waals surface area (Å²) in [5.41, 5.74) is 3.20. The van der Waals surface area contributed by atoms with Gasteiger partial charge in [0.25, 0.3) is 11.5 Å². The lowest BCUT2D eigenvalue weighted by molar-refractivity contribution is 0.102. The van der Waals surface area contributed by atoms with Crippen molar-refractivity contribution in [2.45, 2.75) is 26.7 Å². The van der Waals surface area contributed by atoms with Gasteiger partial charge in [-0.2, -0.15) is 0 Å². The van der Waals surface area contributed by atoms with Crippen LogP contribution in [0.2, 0.25) is 0 Å². The van der Waals surface area contributed by atoms with E-state index in [-0.39, 0.29) is 5.56 Å². The number of aromatic nitrogens is 3. The van der Waals surface area contributed by atoms with Crippen molar-refractivity contribution < 1.29 is 4.79 Å². The van der Waals surface area contributed by atoms with E-state index in [4.69, 9.17) is 0 Å². The molecule has 7 heteroatoms. The molecule has 0 saturated heterocycles. The smallest absolute Gasteiger partial charge is 0.270 e. The first-order valence-electron chi connectivity index (χ1n) is 9.41. The van der Waals surface area contributed by atoms with Gasteiger partial charge in [-0.05, 0) is 31.0 Å². The maximum absolute atomic E-state index is 12.7. The third-order valence-corrected chi connectivity index (χ3v) is 5.53. The molecule has 29 heavy (non-hydrogen) atoms. The largest absolute Gasteiger partial charge is 0.298 e. The molecule has 0 aliphatic heterocycles. The highest BCUT2D eigenvalue weighted by Crippen LogP contribution is 2.30. The number of hydrogen-bond donors (Lipinski definition) is 1. The Morgan fingerprint density at radius 3 is 2.72 bits per heavy atom. The number of carbonyl (C=O) groups is 1. The Labute approximate surface area is 171 Å². The summed E-state index contributed by atoms with van der Waals surface area (Å²) < 4.78 is 1.35. The van der Waals surface area contributed by atoms with E-state index in [0.717, 1.165) is 29.0 Å². The Hall–Kier alpha value is -3.32. The van der Waals surface area contributed by atoms with Crippen LogP contribution in [0.3, 0.4) is 0 Å². The van der Waals surface area contributed by atoms with Crippen molar-refractivity contribution in [1.29, 1.82) is 0 Å². The van der Waals surface area contributed by atoms with Gasteiger partial charge in [0.05, 0.1) is 5.69 Å². The summed E-state index contributed by atoms with van der Waals surface area (Å²) in [6.45, 7) is 4.12. The molecule has 4 aromatic rings. The number of pyridine rings is 1. The topological polar surface area (TPSA) is 76.4 Å². The highest BCUT2D eigenvalue weighted by atomic mass is 32.1. The van der Waals surface area contributed by atoms with Crippen LogP contribution in [-0.2, 0) is 6.42 Å². The third kappa shape index (κ3) is 3.82. The maximum Gasteiger partial charge on any atom is 0.270 e. The van der Waals surface area contributed by atoms with Crippen LogP contribution in [0.25, 0.3) is 16.9 Å². The average molecular weight is 404 g/mol. The number of nitrogens with zero attached hydrogens (tertiary/aromatic N) is 3. The molecule has 4 rings (SSSR count). The second kappa shape index (κ2) is 7.97. The van der Waals surface area contributed by atoms with E-state index in [1.54, 1.807) is 24.4 Å². The lowest BCUT2D eigenvalue weighted by Gasteiger charge is -2.04. The lowest BCUT2D eigenvalue weighted by Crippen LogP contribution is -2.26. The second-order valence-corrected chi connectivity index (χ2v) is 7.93. The number of aryl methyl sites for hydroxylation is 2. The zero-order valence-electron chi connectivity index (χ0n) is 16.2. The van der Waals surface area contributed by atoms with Crippen LogP contribution < -0.4 is 10.9 Å². The molecule has 0 aliphatic rings. The first kappa shape index (κ1) is 19.0. The van der Waals surface area contributed by atoms with Crippen molar-refractivity contribution in [3.05, 3.63) is 81.2 Å². The van der Waals surface area contributed by atoms with Gasteiger partial charge >= 0.3 is 0 Å². The molecule has 1 amide bonds. The summed E-state index contributed by atoms with van der Waals surface area (Å²) in [6.07, 6.45) is 5.05. The van der Waals surface area contributed by atoms with Gasteiger partial charge in [-0.25, -0.2) is 9.97 Å². The normalized spacial score (nSPS) is 11.0. The molecule has 0 atom stereocenters. The second-order valence-electron chi connectivity index (χ2n) is 6.73. The van der Waals surface area contributed by atoms with Crippen molar-refractivity contribution in [2.24, 2.45) is 0 Å². The van der Waals surface area contributed by atoms with Gasteiger partial charge in [0, 0.05) is 22.8 Å². The Bertz CT molecular complexity index is 1240. The fraction of sp³-hybridized carbons (Fsp3) is 0.182. The molecule has 0 aliphatic carbocycles. The zero-order chi connectivity index (χ0) is 20.4. The number of amides is 1. The third-order valence-electron chi connectivity index (χ3n) is 4.64. The quantitative estimate of drug-likeness (QED) is 0.537. The van der Waals surface area contributed by atoms with Crippen molar-refractivity contribution in [1.82, 2.24) is 14.4 Å². The van der Waals surface area contributed by atoms with E-state index in [0.29, 0.717) is 10.8 Å². The van der Waals surface area contributed by atoms with Crippen LogP contribution in [0.5, 0.6) is 0 Å². The number of thiazole rings is 1. The maximum atomic E-state index is 12.7. The minimum atomic E-state index is -0.514. The first-order valence-corrected chi connectivity index (χ1v) is 10.2. The number of anilines is 1. The van der Waals surface area contributed by atoms with Gasteiger partial charge in [0.2, 0.25) is 0 Å². The summed E-state index contributed by atoms with van der Waals surface area (Å²) >= 11 is 1.38. The van der Waals surface area contributed by atoms with E-state index >= 15 is 0 Å². The summed E-state index contributed by atoms with van der Waals surface area (Å²) in [7, 11) is 0. The molecular formula is C22H20N4O2S. The van der Waals surface area contributed by atoms with Crippen LogP contribution in [0, 0.1) is 6.92 Å². The summed E-state index contributed by atoms with van der Waals surface area (Å²) in [6, 6.07) is 13.5. The van der Waals surface area contributed by atoms with Gasteiger partial charge in [0.15, 0.2) is 5.13 Å². The molecule has 1 N–H and O–H groups in total. The Morgan fingerprint density at radius 1 is 1.17 bits per heavy atom. The number of fused-ring (bicyclic) bond motifs is 1. The molecule has 0 spiro atoms. The number of nitrogens with one attached hydrogen (secondary N) is 1. The summed E-state index contributed by atoms with van der Waals surface area (Å²) in [4.78, 5) is 35.0. The van der Waals surface area contributed by atoms with Crippen LogP contribution in [-0.4, -0.2) is 20.3 Å². The van der Waals surface area contributed by atoms with Gasteiger partial charge in [-0.3, -0.25) is 19.3 Å². The molecule has 0 radical (unpaired) electrons. The molecule has 3 aromatic heterocycles. The lowest BCUT2D eigenvalue weighted by atomic mass is 10.1. The van der Waals surface area contributed by atoms with E-state index in [1.807, 2.05) is 6.92 Å². The molecule has 3 heterocycles. The van der Waals surface area contributed by atoms with Crippen molar-refractivity contribution >= 4 is 28.0 Å². The molecule has 1 aromatic carbocycles. The minimum Gasteiger partial charge on any atom is -0.298 e. The van der Waals surface area contributed by atoms with Crippen LogP contribution in [0.4, 0.5) is 5.13 Å². The number of hydrogen-bond acceptors (Lipinski definition) is 5. The monoisotopic (exact) mass is 404 g/mol. The van der Waals surface area contributed by atoms with E-state index in [1.165, 1.54) is 27.5 Å². The van der Waals surface area contributed by atoms with E-state index < -0.39 is 11.5 Å². The van der Waals surface area contributed by atoms with Crippen molar-refractivity contribution in [2.75, 3.05) is 5.32 Å².